The molecule has 1 unspecified atom stereocenters. The second-order valence-electron chi connectivity index (χ2n) is 7.36. The molecule has 0 spiro atoms. The molecule has 0 aliphatic rings. The Hall–Kier alpha value is -3.95. The first-order valence-electron chi connectivity index (χ1n) is 10.3. The largest absolute Gasteiger partial charge is 0.441 e. The number of amides is 1. The third-order valence-electron chi connectivity index (χ3n) is 5.12. The maximum atomic E-state index is 13.9. The van der Waals surface area contributed by atoms with Crippen molar-refractivity contribution in [3.8, 4) is 17.4 Å². The Morgan fingerprint density at radius 2 is 1.88 bits per heavy atom. The van der Waals surface area contributed by atoms with Gasteiger partial charge >= 0.3 is 0 Å². The molecule has 1 atom stereocenters. The number of anilines is 1. The topological polar surface area (TPSA) is 78.9 Å². The van der Waals surface area contributed by atoms with Crippen molar-refractivity contribution in [2.24, 2.45) is 0 Å². The number of rotatable bonds is 7. The molecule has 5 nitrogen and oxygen atoms in total. The predicted octanol–water partition coefficient (Wildman–Crippen LogP) is 6.36. The van der Waals surface area contributed by atoms with Crippen LogP contribution in [0.1, 0.15) is 29.4 Å². The Bertz CT molecular complexity index is 1310. The Kier molecular flexibility index (Phi) is 6.82. The SMILES string of the molecule is N#CC(c1ccccc1)c1ccc(NC(=O)CCc2ncc(-c3ccccc3F)o2)cc1Cl. The van der Waals surface area contributed by atoms with Gasteiger partial charge in [-0.05, 0) is 35.4 Å². The van der Waals surface area contributed by atoms with Gasteiger partial charge in [-0.3, -0.25) is 4.79 Å². The highest BCUT2D eigenvalue weighted by atomic mass is 35.5. The van der Waals surface area contributed by atoms with E-state index in [2.05, 4.69) is 16.4 Å². The van der Waals surface area contributed by atoms with Crippen LogP contribution in [0.5, 0.6) is 0 Å². The second-order valence-corrected chi connectivity index (χ2v) is 7.76. The van der Waals surface area contributed by atoms with Crippen LogP contribution in [0.3, 0.4) is 0 Å². The molecule has 1 amide bonds. The summed E-state index contributed by atoms with van der Waals surface area (Å²) in [6.07, 6.45) is 1.83. The van der Waals surface area contributed by atoms with Gasteiger partial charge in [-0.25, -0.2) is 9.37 Å². The zero-order chi connectivity index (χ0) is 23.2. The van der Waals surface area contributed by atoms with Crippen LogP contribution in [-0.2, 0) is 11.2 Å². The van der Waals surface area contributed by atoms with Gasteiger partial charge in [-0.15, -0.1) is 0 Å². The minimum absolute atomic E-state index is 0.126. The average molecular weight is 460 g/mol. The Balaban J connectivity index is 1.38. The van der Waals surface area contributed by atoms with E-state index in [1.54, 1.807) is 36.4 Å². The molecule has 33 heavy (non-hydrogen) atoms. The first-order valence-corrected chi connectivity index (χ1v) is 10.7. The number of carbonyl (C=O) groups excluding carboxylic acids is 1. The Morgan fingerprint density at radius 3 is 2.61 bits per heavy atom. The van der Waals surface area contributed by atoms with Crippen molar-refractivity contribution >= 4 is 23.2 Å². The number of aryl methyl sites for hydroxylation is 1. The number of hydrogen-bond donors (Lipinski definition) is 1. The number of halogens is 2. The van der Waals surface area contributed by atoms with Crippen molar-refractivity contribution in [3.63, 3.8) is 0 Å². The van der Waals surface area contributed by atoms with Gasteiger partial charge in [0.15, 0.2) is 11.7 Å². The molecule has 0 aliphatic carbocycles. The number of hydrogen-bond acceptors (Lipinski definition) is 4. The average Bonchev–Trinajstić information content (AvgIpc) is 3.29. The van der Waals surface area contributed by atoms with Crippen LogP contribution in [-0.4, -0.2) is 10.9 Å². The molecule has 1 heterocycles. The van der Waals surface area contributed by atoms with E-state index in [0.717, 1.165) is 5.56 Å². The lowest BCUT2D eigenvalue weighted by Crippen LogP contribution is -2.12. The standard InChI is InChI=1S/C26H19ClFN3O2/c27-22-14-18(10-11-19(22)21(15-29)17-6-2-1-3-7-17)31-25(32)12-13-26-30-16-24(33-26)20-8-4-5-9-23(20)28/h1-11,14,16,21H,12-13H2,(H,31,32). The van der Waals surface area contributed by atoms with Crippen LogP contribution in [0.4, 0.5) is 10.1 Å². The van der Waals surface area contributed by atoms with Crippen molar-refractivity contribution in [1.82, 2.24) is 4.98 Å². The van der Waals surface area contributed by atoms with E-state index in [0.29, 0.717) is 33.5 Å². The van der Waals surface area contributed by atoms with E-state index in [4.69, 9.17) is 16.0 Å². The molecule has 4 aromatic rings. The smallest absolute Gasteiger partial charge is 0.224 e. The summed E-state index contributed by atoms with van der Waals surface area (Å²) in [5.41, 5.74) is 2.36. The normalized spacial score (nSPS) is 11.5. The van der Waals surface area contributed by atoms with Crippen molar-refractivity contribution < 1.29 is 13.6 Å². The van der Waals surface area contributed by atoms with E-state index in [9.17, 15) is 14.4 Å². The molecule has 0 radical (unpaired) electrons. The quantitative estimate of drug-likeness (QED) is 0.348. The summed E-state index contributed by atoms with van der Waals surface area (Å²) >= 11 is 6.42. The van der Waals surface area contributed by atoms with E-state index in [1.807, 2.05) is 30.3 Å². The molecule has 0 saturated heterocycles. The lowest BCUT2D eigenvalue weighted by Gasteiger charge is -2.13. The van der Waals surface area contributed by atoms with Crippen molar-refractivity contribution in [1.29, 1.82) is 5.26 Å². The third-order valence-corrected chi connectivity index (χ3v) is 5.44. The highest BCUT2D eigenvalue weighted by molar-refractivity contribution is 6.31. The fourth-order valence-corrected chi connectivity index (χ4v) is 3.75. The molecule has 0 aliphatic heterocycles. The summed E-state index contributed by atoms with van der Waals surface area (Å²) in [6.45, 7) is 0. The number of oxazole rings is 1. The summed E-state index contributed by atoms with van der Waals surface area (Å²) in [4.78, 5) is 16.5. The summed E-state index contributed by atoms with van der Waals surface area (Å²) in [7, 11) is 0. The zero-order valence-electron chi connectivity index (χ0n) is 17.5. The highest BCUT2D eigenvalue weighted by Crippen LogP contribution is 2.32. The number of carbonyl (C=O) groups is 1. The molecule has 3 aromatic carbocycles. The molecule has 0 fully saturated rings. The molecule has 0 bridgehead atoms. The maximum Gasteiger partial charge on any atom is 0.224 e. The highest BCUT2D eigenvalue weighted by Gasteiger charge is 2.17. The summed E-state index contributed by atoms with van der Waals surface area (Å²) in [6, 6.07) is 23.0. The van der Waals surface area contributed by atoms with Crippen LogP contribution in [0.2, 0.25) is 5.02 Å². The number of aromatic nitrogens is 1. The van der Waals surface area contributed by atoms with Crippen LogP contribution in [0.15, 0.2) is 83.4 Å². The van der Waals surface area contributed by atoms with E-state index in [1.165, 1.54) is 12.3 Å². The Morgan fingerprint density at radius 1 is 1.12 bits per heavy atom. The summed E-state index contributed by atoms with van der Waals surface area (Å²) in [5.74, 6) is -0.488. The molecule has 1 N–H and O–H groups in total. The lowest BCUT2D eigenvalue weighted by atomic mass is 9.92. The van der Waals surface area contributed by atoms with E-state index in [-0.39, 0.29) is 18.7 Å². The van der Waals surface area contributed by atoms with Crippen molar-refractivity contribution in [2.75, 3.05) is 5.32 Å². The first-order chi connectivity index (χ1) is 16.0. The van der Waals surface area contributed by atoms with Gasteiger partial charge < -0.3 is 9.73 Å². The molecule has 1 aromatic heterocycles. The maximum absolute atomic E-state index is 13.9. The minimum Gasteiger partial charge on any atom is -0.441 e. The zero-order valence-corrected chi connectivity index (χ0v) is 18.2. The van der Waals surface area contributed by atoms with Crippen LogP contribution in [0, 0.1) is 17.1 Å². The molecule has 4 rings (SSSR count). The molecular weight excluding hydrogens is 441 g/mol. The van der Waals surface area contributed by atoms with Crippen LogP contribution in [0.25, 0.3) is 11.3 Å². The summed E-state index contributed by atoms with van der Waals surface area (Å²) < 4.78 is 19.5. The van der Waals surface area contributed by atoms with Gasteiger partial charge in [0.25, 0.3) is 0 Å². The molecule has 0 saturated carbocycles. The predicted molar refractivity (Wildman–Crippen MR) is 124 cm³/mol. The number of nitriles is 1. The van der Waals surface area contributed by atoms with Gasteiger partial charge in [0.1, 0.15) is 5.82 Å². The fourth-order valence-electron chi connectivity index (χ4n) is 3.46. The van der Waals surface area contributed by atoms with Gasteiger partial charge in [0, 0.05) is 23.6 Å². The van der Waals surface area contributed by atoms with Gasteiger partial charge in [0.05, 0.1) is 23.7 Å². The van der Waals surface area contributed by atoms with Crippen LogP contribution < -0.4 is 5.32 Å². The van der Waals surface area contributed by atoms with Crippen molar-refractivity contribution in [2.45, 2.75) is 18.8 Å². The minimum atomic E-state index is -0.503. The van der Waals surface area contributed by atoms with Crippen LogP contribution >= 0.6 is 11.6 Å². The van der Waals surface area contributed by atoms with Crippen molar-refractivity contribution in [3.05, 3.63) is 107 Å². The monoisotopic (exact) mass is 459 g/mol. The molecule has 7 heteroatoms. The Labute approximate surface area is 195 Å². The number of nitrogens with zero attached hydrogens (tertiary/aromatic N) is 2. The van der Waals surface area contributed by atoms with Gasteiger partial charge in [-0.2, -0.15) is 5.26 Å². The van der Waals surface area contributed by atoms with E-state index < -0.39 is 11.7 Å². The summed E-state index contributed by atoms with van der Waals surface area (Å²) in [5, 5.41) is 12.8. The molecule has 164 valence electrons. The van der Waals surface area contributed by atoms with E-state index >= 15 is 0 Å². The third kappa shape index (κ3) is 5.28. The number of nitrogens with one attached hydrogen (secondary N) is 1. The molecular formula is C26H19ClFN3O2. The fraction of sp³-hybridized carbons (Fsp3) is 0.115. The first kappa shape index (κ1) is 22.3. The van der Waals surface area contributed by atoms with Gasteiger partial charge in [0.2, 0.25) is 5.91 Å². The second kappa shape index (κ2) is 10.1. The van der Waals surface area contributed by atoms with Gasteiger partial charge in [-0.1, -0.05) is 60.1 Å². The lowest BCUT2D eigenvalue weighted by molar-refractivity contribution is -0.116. The number of benzene rings is 3.